The van der Waals surface area contributed by atoms with E-state index in [1.807, 2.05) is 0 Å². The van der Waals surface area contributed by atoms with Crippen LogP contribution < -0.4 is 0 Å². The number of hydrogen-bond donors (Lipinski definition) is 1. The Hall–Kier alpha value is -0.930. The predicted molar refractivity (Wildman–Crippen MR) is 75.4 cm³/mol. The van der Waals surface area contributed by atoms with Gasteiger partial charge in [-0.1, -0.05) is 19.1 Å². The van der Waals surface area contributed by atoms with Gasteiger partial charge in [0.05, 0.1) is 6.10 Å². The zero-order valence-electron chi connectivity index (χ0n) is 11.8. The molecule has 1 aliphatic rings. The summed E-state index contributed by atoms with van der Waals surface area (Å²) in [6.07, 6.45) is 2.76. The van der Waals surface area contributed by atoms with Crippen LogP contribution in [0.15, 0.2) is 24.3 Å². The standard InChI is InChI=1S/C16H24FNO/c1-12-3-4-13(2)18(11-12)10-9-16(19)14-5-7-15(17)8-6-14/h5-8,12-13,16,19H,3-4,9-11H2,1-2H3. The molecule has 0 spiro atoms. The first kappa shape index (κ1) is 14.5. The summed E-state index contributed by atoms with van der Waals surface area (Å²) in [7, 11) is 0. The van der Waals surface area contributed by atoms with Gasteiger partial charge in [0.25, 0.3) is 0 Å². The molecule has 0 aliphatic carbocycles. The minimum absolute atomic E-state index is 0.255. The average molecular weight is 265 g/mol. The molecule has 1 aromatic rings. The van der Waals surface area contributed by atoms with Gasteiger partial charge in [-0.25, -0.2) is 4.39 Å². The maximum Gasteiger partial charge on any atom is 0.123 e. The number of nitrogens with zero attached hydrogens (tertiary/aromatic N) is 1. The normalized spacial score (nSPS) is 26.3. The summed E-state index contributed by atoms with van der Waals surface area (Å²) in [5.74, 6) is 0.494. The van der Waals surface area contributed by atoms with Crippen LogP contribution in [0.1, 0.15) is 44.8 Å². The monoisotopic (exact) mass is 265 g/mol. The molecule has 1 fully saturated rings. The number of hydrogen-bond acceptors (Lipinski definition) is 2. The molecule has 1 N–H and O–H groups in total. The van der Waals surface area contributed by atoms with Crippen LogP contribution in [0.3, 0.4) is 0 Å². The largest absolute Gasteiger partial charge is 0.388 e. The summed E-state index contributed by atoms with van der Waals surface area (Å²) in [5, 5.41) is 10.1. The van der Waals surface area contributed by atoms with Gasteiger partial charge >= 0.3 is 0 Å². The lowest BCUT2D eigenvalue weighted by molar-refractivity contribution is 0.0907. The maximum absolute atomic E-state index is 12.8. The minimum Gasteiger partial charge on any atom is -0.388 e. The van der Waals surface area contributed by atoms with E-state index in [0.29, 0.717) is 12.5 Å². The van der Waals surface area contributed by atoms with E-state index in [-0.39, 0.29) is 5.82 Å². The Balaban J connectivity index is 1.85. The Morgan fingerprint density at radius 2 is 1.95 bits per heavy atom. The number of benzene rings is 1. The molecule has 3 heteroatoms. The number of aliphatic hydroxyl groups excluding tert-OH is 1. The Morgan fingerprint density at radius 3 is 2.63 bits per heavy atom. The molecular weight excluding hydrogens is 241 g/mol. The fourth-order valence-electron chi connectivity index (χ4n) is 2.83. The highest BCUT2D eigenvalue weighted by atomic mass is 19.1. The second kappa shape index (κ2) is 6.49. The van der Waals surface area contributed by atoms with Crippen molar-refractivity contribution in [3.8, 4) is 0 Å². The van der Waals surface area contributed by atoms with Gasteiger partial charge in [0, 0.05) is 19.1 Å². The third kappa shape index (κ3) is 4.02. The Kier molecular flexibility index (Phi) is 4.94. The molecule has 0 aromatic heterocycles. The van der Waals surface area contributed by atoms with Crippen LogP contribution in [-0.4, -0.2) is 29.1 Å². The molecule has 1 aromatic carbocycles. The van der Waals surface area contributed by atoms with Crippen molar-refractivity contribution < 1.29 is 9.50 Å². The molecule has 1 saturated heterocycles. The van der Waals surface area contributed by atoms with Crippen molar-refractivity contribution in [2.45, 2.75) is 45.3 Å². The quantitative estimate of drug-likeness (QED) is 0.902. The van der Waals surface area contributed by atoms with Gasteiger partial charge in [0.2, 0.25) is 0 Å². The molecule has 2 nitrogen and oxygen atoms in total. The molecule has 2 rings (SSSR count). The van der Waals surface area contributed by atoms with E-state index in [0.717, 1.165) is 24.6 Å². The first-order valence-electron chi connectivity index (χ1n) is 7.24. The topological polar surface area (TPSA) is 23.5 Å². The van der Waals surface area contributed by atoms with Crippen LogP contribution in [0.2, 0.25) is 0 Å². The molecule has 3 unspecified atom stereocenters. The lowest BCUT2D eigenvalue weighted by atomic mass is 9.94. The molecular formula is C16H24FNO. The van der Waals surface area contributed by atoms with E-state index in [1.54, 1.807) is 12.1 Å². The third-order valence-electron chi connectivity index (χ3n) is 4.19. The van der Waals surface area contributed by atoms with Crippen molar-refractivity contribution in [2.75, 3.05) is 13.1 Å². The number of rotatable bonds is 4. The van der Waals surface area contributed by atoms with Gasteiger partial charge in [0.1, 0.15) is 5.82 Å². The summed E-state index contributed by atoms with van der Waals surface area (Å²) in [6.45, 7) is 6.58. The van der Waals surface area contributed by atoms with E-state index in [2.05, 4.69) is 18.7 Å². The lowest BCUT2D eigenvalue weighted by Crippen LogP contribution is -2.41. The molecule has 3 atom stereocenters. The van der Waals surface area contributed by atoms with Gasteiger partial charge in [-0.3, -0.25) is 0 Å². The van der Waals surface area contributed by atoms with Crippen LogP contribution in [0.4, 0.5) is 4.39 Å². The van der Waals surface area contributed by atoms with Gasteiger partial charge in [-0.05, 0) is 49.8 Å². The van der Waals surface area contributed by atoms with Gasteiger partial charge in [0.15, 0.2) is 0 Å². The fraction of sp³-hybridized carbons (Fsp3) is 0.625. The third-order valence-corrected chi connectivity index (χ3v) is 4.19. The number of aliphatic hydroxyl groups is 1. The number of likely N-dealkylation sites (tertiary alicyclic amines) is 1. The molecule has 0 amide bonds. The summed E-state index contributed by atoms with van der Waals surface area (Å²) in [6, 6.07) is 6.76. The molecule has 0 saturated carbocycles. The van der Waals surface area contributed by atoms with E-state index in [9.17, 15) is 9.50 Å². The van der Waals surface area contributed by atoms with Crippen LogP contribution in [-0.2, 0) is 0 Å². The van der Waals surface area contributed by atoms with Crippen LogP contribution >= 0.6 is 0 Å². The van der Waals surface area contributed by atoms with Crippen molar-refractivity contribution in [1.29, 1.82) is 0 Å². The van der Waals surface area contributed by atoms with Crippen LogP contribution in [0.5, 0.6) is 0 Å². The predicted octanol–water partition coefficient (Wildman–Crippen LogP) is 3.37. The summed E-state index contributed by atoms with van der Waals surface area (Å²) >= 11 is 0. The highest BCUT2D eigenvalue weighted by molar-refractivity contribution is 5.18. The minimum atomic E-state index is -0.495. The van der Waals surface area contributed by atoms with Crippen LogP contribution in [0, 0.1) is 11.7 Å². The second-order valence-electron chi connectivity index (χ2n) is 5.88. The van der Waals surface area contributed by atoms with Gasteiger partial charge in [-0.2, -0.15) is 0 Å². The van der Waals surface area contributed by atoms with E-state index < -0.39 is 6.10 Å². The molecule has 19 heavy (non-hydrogen) atoms. The zero-order chi connectivity index (χ0) is 13.8. The van der Waals surface area contributed by atoms with Gasteiger partial charge < -0.3 is 10.0 Å². The van der Waals surface area contributed by atoms with Crippen LogP contribution in [0.25, 0.3) is 0 Å². The maximum atomic E-state index is 12.8. The first-order chi connectivity index (χ1) is 9.06. The van der Waals surface area contributed by atoms with E-state index in [4.69, 9.17) is 0 Å². The highest BCUT2D eigenvalue weighted by Crippen LogP contribution is 2.24. The van der Waals surface area contributed by atoms with E-state index >= 15 is 0 Å². The van der Waals surface area contributed by atoms with Gasteiger partial charge in [-0.15, -0.1) is 0 Å². The number of piperidine rings is 1. The fourth-order valence-corrected chi connectivity index (χ4v) is 2.83. The van der Waals surface area contributed by atoms with Crippen molar-refractivity contribution in [2.24, 2.45) is 5.92 Å². The molecule has 0 bridgehead atoms. The summed E-state index contributed by atoms with van der Waals surface area (Å²) in [5.41, 5.74) is 0.805. The van der Waals surface area contributed by atoms with Crippen molar-refractivity contribution in [1.82, 2.24) is 4.90 Å². The van der Waals surface area contributed by atoms with Crippen molar-refractivity contribution >= 4 is 0 Å². The smallest absolute Gasteiger partial charge is 0.123 e. The average Bonchev–Trinajstić information content (AvgIpc) is 2.40. The SMILES string of the molecule is CC1CCC(C)N(CCC(O)c2ccc(F)cc2)C1. The second-order valence-corrected chi connectivity index (χ2v) is 5.88. The molecule has 0 radical (unpaired) electrons. The highest BCUT2D eigenvalue weighted by Gasteiger charge is 2.23. The van der Waals surface area contributed by atoms with Crippen molar-refractivity contribution in [3.63, 3.8) is 0 Å². The lowest BCUT2D eigenvalue weighted by Gasteiger charge is -2.37. The Morgan fingerprint density at radius 1 is 1.26 bits per heavy atom. The first-order valence-corrected chi connectivity index (χ1v) is 7.24. The zero-order valence-corrected chi connectivity index (χ0v) is 11.8. The molecule has 1 heterocycles. The van der Waals surface area contributed by atoms with E-state index in [1.165, 1.54) is 25.0 Å². The summed E-state index contributed by atoms with van der Waals surface area (Å²) < 4.78 is 12.8. The number of halogens is 1. The molecule has 1 aliphatic heterocycles. The summed E-state index contributed by atoms with van der Waals surface area (Å²) in [4.78, 5) is 2.46. The molecule has 106 valence electrons. The van der Waals surface area contributed by atoms with Crippen molar-refractivity contribution in [3.05, 3.63) is 35.6 Å². The Labute approximate surface area is 115 Å². The Bertz CT molecular complexity index is 392.